The van der Waals surface area contributed by atoms with Gasteiger partial charge in [-0.2, -0.15) is 0 Å². The molecule has 1 aliphatic rings. The molecule has 5 nitrogen and oxygen atoms in total. The average molecular weight is 270 g/mol. The van der Waals surface area contributed by atoms with Gasteiger partial charge in [-0.1, -0.05) is 13.8 Å². The topological polar surface area (TPSA) is 58.6 Å². The Labute approximate surface area is 115 Å². The van der Waals surface area contributed by atoms with E-state index in [1.807, 2.05) is 13.8 Å². The van der Waals surface area contributed by atoms with Crippen molar-refractivity contribution in [3.8, 4) is 0 Å². The summed E-state index contributed by atoms with van der Waals surface area (Å²) in [6, 6.07) is -0.729. The van der Waals surface area contributed by atoms with Crippen molar-refractivity contribution >= 4 is 11.8 Å². The van der Waals surface area contributed by atoms with Crippen LogP contribution in [0.15, 0.2) is 0 Å². The molecule has 2 atom stereocenters. The van der Waals surface area contributed by atoms with Crippen LogP contribution in [-0.2, 0) is 14.3 Å². The number of unbranched alkanes of at least 4 members (excludes halogenated alkanes) is 2. The summed E-state index contributed by atoms with van der Waals surface area (Å²) >= 11 is 0. The molecule has 0 aromatic heterocycles. The Morgan fingerprint density at radius 1 is 1.26 bits per heavy atom. The third-order valence-electron chi connectivity index (χ3n) is 3.61. The van der Waals surface area contributed by atoms with Crippen LogP contribution in [0.1, 0.15) is 40.0 Å². The maximum Gasteiger partial charge on any atom is 0.246 e. The minimum atomic E-state index is -0.373. The summed E-state index contributed by atoms with van der Waals surface area (Å²) in [6.07, 6.45) is 2.92. The fraction of sp³-hybridized carbons (Fsp3) is 0.857. The van der Waals surface area contributed by atoms with Crippen molar-refractivity contribution in [2.75, 3.05) is 20.3 Å². The third kappa shape index (κ3) is 4.20. The highest BCUT2D eigenvalue weighted by atomic mass is 16.5. The number of piperazine rings is 1. The molecule has 2 amide bonds. The van der Waals surface area contributed by atoms with Crippen LogP contribution in [0.4, 0.5) is 0 Å². The largest absolute Gasteiger partial charge is 0.385 e. The number of carbonyl (C=O) groups is 2. The average Bonchev–Trinajstić information content (AvgIpc) is 2.36. The van der Waals surface area contributed by atoms with Crippen LogP contribution in [0.3, 0.4) is 0 Å². The highest BCUT2D eigenvalue weighted by Gasteiger charge is 2.38. The van der Waals surface area contributed by atoms with Crippen LogP contribution in [0.2, 0.25) is 0 Å². The number of amides is 2. The number of methoxy groups -OCH3 is 1. The quantitative estimate of drug-likeness (QED) is 0.707. The number of nitrogens with one attached hydrogen (secondary N) is 1. The van der Waals surface area contributed by atoms with E-state index in [0.29, 0.717) is 6.54 Å². The molecule has 1 fully saturated rings. The smallest absolute Gasteiger partial charge is 0.246 e. The summed E-state index contributed by atoms with van der Waals surface area (Å²) in [5, 5.41) is 2.81. The maximum absolute atomic E-state index is 12.3. The molecule has 19 heavy (non-hydrogen) atoms. The molecule has 0 spiro atoms. The van der Waals surface area contributed by atoms with Crippen LogP contribution in [-0.4, -0.2) is 49.1 Å². The van der Waals surface area contributed by atoms with Crippen molar-refractivity contribution in [2.24, 2.45) is 5.92 Å². The molecule has 1 aliphatic heterocycles. The predicted octanol–water partition coefficient (Wildman–Crippen LogP) is 1.17. The number of carbonyl (C=O) groups excluding carboxylic acids is 2. The van der Waals surface area contributed by atoms with Gasteiger partial charge in [0.1, 0.15) is 12.1 Å². The summed E-state index contributed by atoms with van der Waals surface area (Å²) in [7, 11) is 1.69. The molecular formula is C14H26N2O3. The third-order valence-corrected chi connectivity index (χ3v) is 3.61. The van der Waals surface area contributed by atoms with Gasteiger partial charge in [-0.25, -0.2) is 0 Å². The first kappa shape index (κ1) is 16.0. The Balaban J connectivity index is 2.52. The van der Waals surface area contributed by atoms with Gasteiger partial charge in [-0.05, 0) is 32.1 Å². The fourth-order valence-corrected chi connectivity index (χ4v) is 2.31. The number of nitrogens with zero attached hydrogens (tertiary/aromatic N) is 1. The minimum Gasteiger partial charge on any atom is -0.385 e. The van der Waals surface area contributed by atoms with Gasteiger partial charge in [0.25, 0.3) is 0 Å². The van der Waals surface area contributed by atoms with Crippen LogP contribution >= 0.6 is 0 Å². The van der Waals surface area contributed by atoms with Crippen LogP contribution in [0.25, 0.3) is 0 Å². The van der Waals surface area contributed by atoms with E-state index in [-0.39, 0.29) is 29.8 Å². The number of hydrogen-bond acceptors (Lipinski definition) is 3. The van der Waals surface area contributed by atoms with Crippen LogP contribution in [0.5, 0.6) is 0 Å². The molecule has 1 heterocycles. The van der Waals surface area contributed by atoms with E-state index in [0.717, 1.165) is 25.9 Å². The molecule has 1 N–H and O–H groups in total. The van der Waals surface area contributed by atoms with Gasteiger partial charge in [-0.3, -0.25) is 9.59 Å². The molecule has 5 heteroatoms. The standard InChI is InChI=1S/C14H26N2O3/c1-10(2)12-14(18)16(11(3)13(17)15-12)8-6-5-7-9-19-4/h10-12H,5-9H2,1-4H3,(H,15,17). The summed E-state index contributed by atoms with van der Waals surface area (Å²) in [4.78, 5) is 25.9. The molecule has 0 aromatic carbocycles. The molecule has 0 bridgehead atoms. The lowest BCUT2D eigenvalue weighted by atomic mass is 9.98. The van der Waals surface area contributed by atoms with Gasteiger partial charge in [0.15, 0.2) is 0 Å². The fourth-order valence-electron chi connectivity index (χ4n) is 2.31. The Bertz CT molecular complexity index is 318. The summed E-state index contributed by atoms with van der Waals surface area (Å²) < 4.78 is 5.00. The Morgan fingerprint density at radius 3 is 2.53 bits per heavy atom. The second-order valence-electron chi connectivity index (χ2n) is 5.49. The van der Waals surface area contributed by atoms with Gasteiger partial charge in [0, 0.05) is 20.3 Å². The van der Waals surface area contributed by atoms with Crippen molar-refractivity contribution in [3.05, 3.63) is 0 Å². The van der Waals surface area contributed by atoms with E-state index in [1.165, 1.54) is 0 Å². The van der Waals surface area contributed by atoms with Gasteiger partial charge < -0.3 is 15.0 Å². The lowest BCUT2D eigenvalue weighted by Gasteiger charge is -2.38. The van der Waals surface area contributed by atoms with Crippen molar-refractivity contribution in [1.29, 1.82) is 0 Å². The Hall–Kier alpha value is -1.10. The normalized spacial score (nSPS) is 23.9. The monoisotopic (exact) mass is 270 g/mol. The van der Waals surface area contributed by atoms with Gasteiger partial charge in [0.05, 0.1) is 0 Å². The van der Waals surface area contributed by atoms with E-state index >= 15 is 0 Å². The van der Waals surface area contributed by atoms with E-state index in [4.69, 9.17) is 4.74 Å². The highest BCUT2D eigenvalue weighted by Crippen LogP contribution is 2.16. The Kier molecular flexibility index (Phi) is 6.28. The van der Waals surface area contributed by atoms with Gasteiger partial charge in [0.2, 0.25) is 11.8 Å². The summed E-state index contributed by atoms with van der Waals surface area (Å²) in [5.41, 5.74) is 0. The highest BCUT2D eigenvalue weighted by molar-refractivity contribution is 5.96. The molecule has 110 valence electrons. The first-order valence-corrected chi connectivity index (χ1v) is 7.08. The Morgan fingerprint density at radius 2 is 1.95 bits per heavy atom. The second-order valence-corrected chi connectivity index (χ2v) is 5.49. The lowest BCUT2D eigenvalue weighted by molar-refractivity contribution is -0.149. The molecule has 0 aromatic rings. The zero-order chi connectivity index (χ0) is 14.4. The first-order chi connectivity index (χ1) is 8.99. The number of ether oxygens (including phenoxy) is 1. The van der Waals surface area contributed by atoms with Gasteiger partial charge >= 0.3 is 0 Å². The molecule has 1 saturated heterocycles. The molecular weight excluding hydrogens is 244 g/mol. The van der Waals surface area contributed by atoms with Crippen molar-refractivity contribution < 1.29 is 14.3 Å². The zero-order valence-electron chi connectivity index (χ0n) is 12.4. The molecule has 0 saturated carbocycles. The molecule has 0 radical (unpaired) electrons. The zero-order valence-corrected chi connectivity index (χ0v) is 12.4. The predicted molar refractivity (Wildman–Crippen MR) is 73.7 cm³/mol. The second kappa shape index (κ2) is 7.48. The van der Waals surface area contributed by atoms with Crippen LogP contribution in [0, 0.1) is 5.92 Å². The molecule has 1 rings (SSSR count). The maximum atomic E-state index is 12.3. The molecule has 0 aliphatic carbocycles. The minimum absolute atomic E-state index is 0.0461. The SMILES string of the molecule is COCCCCCN1C(=O)C(C(C)C)NC(=O)C1C. The van der Waals surface area contributed by atoms with E-state index in [2.05, 4.69) is 5.32 Å². The lowest BCUT2D eigenvalue weighted by Crippen LogP contribution is -2.63. The van der Waals surface area contributed by atoms with E-state index in [1.54, 1.807) is 18.9 Å². The van der Waals surface area contributed by atoms with Crippen molar-refractivity contribution in [1.82, 2.24) is 10.2 Å². The van der Waals surface area contributed by atoms with Crippen molar-refractivity contribution in [3.63, 3.8) is 0 Å². The first-order valence-electron chi connectivity index (χ1n) is 7.08. The van der Waals surface area contributed by atoms with E-state index in [9.17, 15) is 9.59 Å². The van der Waals surface area contributed by atoms with Gasteiger partial charge in [-0.15, -0.1) is 0 Å². The van der Waals surface area contributed by atoms with Crippen LogP contribution < -0.4 is 5.32 Å². The van der Waals surface area contributed by atoms with Crippen molar-refractivity contribution in [2.45, 2.75) is 52.1 Å². The number of rotatable bonds is 7. The summed E-state index contributed by atoms with van der Waals surface area (Å²) in [6.45, 7) is 7.10. The summed E-state index contributed by atoms with van der Waals surface area (Å²) in [5.74, 6) is 0.129. The number of hydrogen-bond donors (Lipinski definition) is 1. The molecule has 2 unspecified atom stereocenters. The van der Waals surface area contributed by atoms with E-state index < -0.39 is 0 Å².